The molecule has 0 amide bonds. The van der Waals surface area contributed by atoms with Crippen LogP contribution in [0.3, 0.4) is 0 Å². The molecule has 0 atom stereocenters. The summed E-state index contributed by atoms with van der Waals surface area (Å²) in [7, 11) is 1.35. The Kier molecular flexibility index (Phi) is 4.77. The topological polar surface area (TPSA) is 79.9 Å². The molecule has 6 nitrogen and oxygen atoms in total. The van der Waals surface area contributed by atoms with Crippen molar-refractivity contribution in [3.63, 3.8) is 0 Å². The number of rotatable bonds is 5. The fourth-order valence-electron chi connectivity index (χ4n) is 2.32. The van der Waals surface area contributed by atoms with Gasteiger partial charge in [0.25, 0.3) is 0 Å². The molecule has 0 spiro atoms. The summed E-state index contributed by atoms with van der Waals surface area (Å²) in [4.78, 5) is 15.4. The van der Waals surface area contributed by atoms with Gasteiger partial charge >= 0.3 is 5.97 Å². The summed E-state index contributed by atoms with van der Waals surface area (Å²) in [6.45, 7) is 0.0385. The van der Waals surface area contributed by atoms with Crippen molar-refractivity contribution in [1.82, 2.24) is 15.2 Å². The molecule has 3 rings (SSSR count). The SMILES string of the molecule is COC(=O)CNc1[nH]nc(-c2ccc(Cl)cc2)c1-c1ccncc1. The number of hydrogen-bond donors (Lipinski definition) is 2. The van der Waals surface area contributed by atoms with Crippen molar-refractivity contribution in [2.24, 2.45) is 0 Å². The van der Waals surface area contributed by atoms with Crippen LogP contribution in [0, 0.1) is 0 Å². The van der Waals surface area contributed by atoms with Gasteiger partial charge in [-0.25, -0.2) is 0 Å². The molecule has 2 aromatic heterocycles. The number of halogens is 1. The van der Waals surface area contributed by atoms with E-state index in [9.17, 15) is 4.79 Å². The Morgan fingerprint density at radius 3 is 2.54 bits per heavy atom. The molecule has 24 heavy (non-hydrogen) atoms. The van der Waals surface area contributed by atoms with Crippen molar-refractivity contribution in [3.8, 4) is 22.4 Å². The molecule has 0 aliphatic carbocycles. The molecule has 0 saturated carbocycles. The second kappa shape index (κ2) is 7.14. The number of carbonyl (C=O) groups is 1. The third kappa shape index (κ3) is 3.38. The van der Waals surface area contributed by atoms with Crippen LogP contribution in [0.4, 0.5) is 5.82 Å². The van der Waals surface area contributed by atoms with Crippen LogP contribution in [-0.4, -0.2) is 34.8 Å². The number of carbonyl (C=O) groups excluding carboxylic acids is 1. The van der Waals surface area contributed by atoms with Crippen LogP contribution in [-0.2, 0) is 9.53 Å². The van der Waals surface area contributed by atoms with Crippen LogP contribution >= 0.6 is 11.6 Å². The van der Waals surface area contributed by atoms with E-state index in [0.29, 0.717) is 10.8 Å². The van der Waals surface area contributed by atoms with Crippen LogP contribution in [0.1, 0.15) is 0 Å². The average molecular weight is 343 g/mol. The second-order valence-electron chi connectivity index (χ2n) is 4.99. The number of esters is 1. The van der Waals surface area contributed by atoms with Gasteiger partial charge in [0.15, 0.2) is 0 Å². The normalized spacial score (nSPS) is 10.4. The predicted octanol–water partition coefficient (Wildman–Crippen LogP) is 3.38. The van der Waals surface area contributed by atoms with E-state index in [0.717, 1.165) is 22.4 Å². The highest BCUT2D eigenvalue weighted by molar-refractivity contribution is 6.30. The Morgan fingerprint density at radius 2 is 1.88 bits per heavy atom. The molecular formula is C17H15ClN4O2. The van der Waals surface area contributed by atoms with Gasteiger partial charge < -0.3 is 10.1 Å². The molecule has 7 heteroatoms. The highest BCUT2D eigenvalue weighted by atomic mass is 35.5. The molecule has 0 aliphatic rings. The lowest BCUT2D eigenvalue weighted by Crippen LogP contribution is -2.15. The number of aromatic amines is 1. The number of nitrogens with one attached hydrogen (secondary N) is 2. The second-order valence-corrected chi connectivity index (χ2v) is 5.43. The number of H-pyrrole nitrogens is 1. The lowest BCUT2D eigenvalue weighted by Gasteiger charge is -2.08. The fourth-order valence-corrected chi connectivity index (χ4v) is 2.44. The first-order valence-corrected chi connectivity index (χ1v) is 7.62. The highest BCUT2D eigenvalue weighted by Crippen LogP contribution is 2.36. The predicted molar refractivity (Wildman–Crippen MR) is 92.8 cm³/mol. The zero-order valence-electron chi connectivity index (χ0n) is 12.9. The third-order valence-electron chi connectivity index (χ3n) is 3.49. The molecule has 2 heterocycles. The summed E-state index contributed by atoms with van der Waals surface area (Å²) in [5.41, 5.74) is 3.44. The first-order chi connectivity index (χ1) is 11.7. The van der Waals surface area contributed by atoms with Gasteiger partial charge in [0, 0.05) is 23.0 Å². The van der Waals surface area contributed by atoms with Gasteiger partial charge in [-0.2, -0.15) is 5.10 Å². The van der Waals surface area contributed by atoms with E-state index in [4.69, 9.17) is 11.6 Å². The van der Waals surface area contributed by atoms with E-state index >= 15 is 0 Å². The monoisotopic (exact) mass is 342 g/mol. The Bertz CT molecular complexity index is 832. The quantitative estimate of drug-likeness (QED) is 0.695. The van der Waals surface area contributed by atoms with Gasteiger partial charge in [-0.15, -0.1) is 0 Å². The van der Waals surface area contributed by atoms with Crippen molar-refractivity contribution in [2.45, 2.75) is 0 Å². The molecular weight excluding hydrogens is 328 g/mol. The Balaban J connectivity index is 2.04. The number of methoxy groups -OCH3 is 1. The van der Waals surface area contributed by atoms with E-state index in [2.05, 4.69) is 25.2 Å². The van der Waals surface area contributed by atoms with E-state index in [-0.39, 0.29) is 12.5 Å². The van der Waals surface area contributed by atoms with Gasteiger partial charge in [-0.05, 0) is 29.8 Å². The van der Waals surface area contributed by atoms with E-state index in [1.165, 1.54) is 7.11 Å². The number of aromatic nitrogens is 3. The van der Waals surface area contributed by atoms with Gasteiger partial charge in [0.2, 0.25) is 0 Å². The maximum Gasteiger partial charge on any atom is 0.325 e. The minimum Gasteiger partial charge on any atom is -0.468 e. The lowest BCUT2D eigenvalue weighted by molar-refractivity contribution is -0.138. The van der Waals surface area contributed by atoms with E-state index < -0.39 is 0 Å². The number of benzene rings is 1. The van der Waals surface area contributed by atoms with Gasteiger partial charge in [-0.1, -0.05) is 23.7 Å². The summed E-state index contributed by atoms with van der Waals surface area (Å²) in [5, 5.41) is 11.0. The molecule has 0 unspecified atom stereocenters. The molecule has 0 fully saturated rings. The average Bonchev–Trinajstić information content (AvgIpc) is 3.05. The molecule has 0 bridgehead atoms. The van der Waals surface area contributed by atoms with Crippen LogP contribution in [0.25, 0.3) is 22.4 Å². The number of hydrogen-bond acceptors (Lipinski definition) is 5. The van der Waals surface area contributed by atoms with E-state index in [1.807, 2.05) is 36.4 Å². The van der Waals surface area contributed by atoms with Crippen molar-refractivity contribution < 1.29 is 9.53 Å². The zero-order chi connectivity index (χ0) is 16.9. The summed E-state index contributed by atoms with van der Waals surface area (Å²) >= 11 is 5.96. The van der Waals surface area contributed by atoms with Crippen LogP contribution in [0.2, 0.25) is 5.02 Å². The Hall–Kier alpha value is -2.86. The summed E-state index contributed by atoms with van der Waals surface area (Å²) in [6, 6.07) is 11.2. The van der Waals surface area contributed by atoms with Crippen molar-refractivity contribution in [1.29, 1.82) is 0 Å². The standard InChI is InChI=1S/C17H15ClN4O2/c1-24-14(23)10-20-17-15(11-6-8-19-9-7-11)16(21-22-17)12-2-4-13(18)5-3-12/h2-9H,10H2,1H3,(H2,20,21,22). The highest BCUT2D eigenvalue weighted by Gasteiger charge is 2.17. The minimum atomic E-state index is -0.363. The van der Waals surface area contributed by atoms with Gasteiger partial charge in [-0.3, -0.25) is 14.9 Å². The third-order valence-corrected chi connectivity index (χ3v) is 3.74. The Morgan fingerprint density at radius 1 is 1.17 bits per heavy atom. The first-order valence-electron chi connectivity index (χ1n) is 7.24. The fraction of sp³-hybridized carbons (Fsp3) is 0.118. The number of ether oxygens (including phenoxy) is 1. The maximum atomic E-state index is 11.4. The maximum absolute atomic E-state index is 11.4. The summed E-state index contributed by atoms with van der Waals surface area (Å²) < 4.78 is 4.66. The summed E-state index contributed by atoms with van der Waals surface area (Å²) in [6.07, 6.45) is 3.41. The molecule has 0 radical (unpaired) electrons. The first kappa shape index (κ1) is 16.0. The number of nitrogens with zero attached hydrogens (tertiary/aromatic N) is 2. The van der Waals surface area contributed by atoms with Crippen LogP contribution < -0.4 is 5.32 Å². The summed E-state index contributed by atoms with van der Waals surface area (Å²) in [5.74, 6) is 0.273. The lowest BCUT2D eigenvalue weighted by atomic mass is 10.0. The van der Waals surface area contributed by atoms with Crippen LogP contribution in [0.15, 0.2) is 48.8 Å². The molecule has 0 aliphatic heterocycles. The van der Waals surface area contributed by atoms with Gasteiger partial charge in [0.05, 0.1) is 12.7 Å². The Labute approximate surface area is 143 Å². The smallest absolute Gasteiger partial charge is 0.325 e. The molecule has 1 aromatic carbocycles. The molecule has 2 N–H and O–H groups in total. The molecule has 3 aromatic rings. The van der Waals surface area contributed by atoms with Crippen molar-refractivity contribution in [3.05, 3.63) is 53.8 Å². The van der Waals surface area contributed by atoms with E-state index in [1.54, 1.807) is 12.4 Å². The minimum absolute atomic E-state index is 0.0385. The van der Waals surface area contributed by atoms with Crippen molar-refractivity contribution in [2.75, 3.05) is 19.0 Å². The molecule has 122 valence electrons. The van der Waals surface area contributed by atoms with Crippen LogP contribution in [0.5, 0.6) is 0 Å². The van der Waals surface area contributed by atoms with Gasteiger partial charge in [0.1, 0.15) is 18.1 Å². The number of pyridine rings is 1. The molecule has 0 saturated heterocycles. The zero-order valence-corrected chi connectivity index (χ0v) is 13.7. The number of anilines is 1. The van der Waals surface area contributed by atoms with Crippen molar-refractivity contribution >= 4 is 23.4 Å². The largest absolute Gasteiger partial charge is 0.468 e.